The summed E-state index contributed by atoms with van der Waals surface area (Å²) in [6, 6.07) is 15.1. The SMILES string of the molecule is CC(C)(C)c1ccc(-c2cc(CBr)cc(OCCOCCOCCOCCCO)c2)cc1. The van der Waals surface area contributed by atoms with Gasteiger partial charge in [-0.05, 0) is 46.2 Å². The number of halogens is 1. The highest BCUT2D eigenvalue weighted by Gasteiger charge is 2.13. The number of hydrogen-bond acceptors (Lipinski definition) is 5. The molecule has 1 N–H and O–H groups in total. The average Bonchev–Trinajstić information content (AvgIpc) is 2.79. The Morgan fingerprint density at radius 3 is 1.91 bits per heavy atom. The van der Waals surface area contributed by atoms with E-state index in [9.17, 15) is 0 Å². The standard InChI is InChI=1S/C26H37BrO5/c1-26(2,3)24-7-5-22(6-8-24)23-17-21(20-27)18-25(19-23)32-16-15-31-14-13-30-12-11-29-10-4-9-28/h5-8,17-19,28H,4,9-16,20H2,1-3H3. The number of alkyl halides is 1. The van der Waals surface area contributed by atoms with Crippen molar-refractivity contribution in [1.29, 1.82) is 0 Å². The van der Waals surface area contributed by atoms with Crippen LogP contribution in [0.15, 0.2) is 42.5 Å². The Morgan fingerprint density at radius 2 is 1.34 bits per heavy atom. The first-order valence-electron chi connectivity index (χ1n) is 11.2. The fraction of sp³-hybridized carbons (Fsp3) is 0.538. The maximum absolute atomic E-state index is 8.67. The number of ether oxygens (including phenoxy) is 4. The number of aliphatic hydroxyl groups excluding tert-OH is 1. The second-order valence-electron chi connectivity index (χ2n) is 8.59. The van der Waals surface area contributed by atoms with Crippen molar-refractivity contribution in [3.05, 3.63) is 53.6 Å². The first-order chi connectivity index (χ1) is 15.4. The van der Waals surface area contributed by atoms with Gasteiger partial charge in [-0.3, -0.25) is 0 Å². The first kappa shape index (κ1) is 26.8. The van der Waals surface area contributed by atoms with E-state index in [1.54, 1.807) is 0 Å². The molecule has 0 aromatic heterocycles. The van der Waals surface area contributed by atoms with Crippen LogP contribution >= 0.6 is 15.9 Å². The summed E-state index contributed by atoms with van der Waals surface area (Å²) >= 11 is 3.56. The fourth-order valence-electron chi connectivity index (χ4n) is 3.08. The summed E-state index contributed by atoms with van der Waals surface area (Å²) in [5.41, 5.74) is 4.97. The molecule has 0 spiro atoms. The first-order valence-corrected chi connectivity index (χ1v) is 12.3. The van der Waals surface area contributed by atoms with Gasteiger partial charge in [0, 0.05) is 18.5 Å². The van der Waals surface area contributed by atoms with E-state index in [0.29, 0.717) is 52.7 Å². The van der Waals surface area contributed by atoms with Gasteiger partial charge in [0.05, 0.1) is 33.0 Å². The zero-order chi connectivity index (χ0) is 23.2. The number of benzene rings is 2. The van der Waals surface area contributed by atoms with Crippen molar-refractivity contribution in [1.82, 2.24) is 0 Å². The van der Waals surface area contributed by atoms with Crippen molar-refractivity contribution in [2.45, 2.75) is 37.9 Å². The summed E-state index contributed by atoms with van der Waals surface area (Å²) in [7, 11) is 0. The Balaban J connectivity index is 1.75. The Labute approximate surface area is 201 Å². The lowest BCUT2D eigenvalue weighted by atomic mass is 9.86. The number of aliphatic hydroxyl groups is 1. The normalized spacial score (nSPS) is 11.7. The van der Waals surface area contributed by atoms with Gasteiger partial charge in [-0.2, -0.15) is 0 Å². The van der Waals surface area contributed by atoms with Crippen LogP contribution in [0.4, 0.5) is 0 Å². The molecule has 178 valence electrons. The van der Waals surface area contributed by atoms with Gasteiger partial charge in [0.1, 0.15) is 12.4 Å². The van der Waals surface area contributed by atoms with Crippen LogP contribution < -0.4 is 4.74 Å². The van der Waals surface area contributed by atoms with E-state index in [-0.39, 0.29) is 12.0 Å². The monoisotopic (exact) mass is 508 g/mol. The molecule has 0 saturated heterocycles. The van der Waals surface area contributed by atoms with E-state index in [1.165, 1.54) is 16.7 Å². The fourth-order valence-corrected chi connectivity index (χ4v) is 3.40. The van der Waals surface area contributed by atoms with Crippen molar-refractivity contribution in [3.8, 4) is 16.9 Å². The second kappa shape index (κ2) is 14.7. The van der Waals surface area contributed by atoms with Crippen LogP contribution in [0.2, 0.25) is 0 Å². The summed E-state index contributed by atoms with van der Waals surface area (Å²) < 4.78 is 22.3. The molecular formula is C26H37BrO5. The van der Waals surface area contributed by atoms with Gasteiger partial charge in [0.25, 0.3) is 0 Å². The minimum absolute atomic E-state index is 0.142. The van der Waals surface area contributed by atoms with Crippen molar-refractivity contribution >= 4 is 15.9 Å². The van der Waals surface area contributed by atoms with E-state index < -0.39 is 0 Å². The lowest BCUT2D eigenvalue weighted by Crippen LogP contribution is -2.13. The summed E-state index contributed by atoms with van der Waals surface area (Å²) in [6.45, 7) is 10.5. The molecule has 5 nitrogen and oxygen atoms in total. The largest absolute Gasteiger partial charge is 0.491 e. The molecule has 0 amide bonds. The third-order valence-electron chi connectivity index (χ3n) is 4.89. The molecule has 0 saturated carbocycles. The van der Waals surface area contributed by atoms with Gasteiger partial charge in [-0.1, -0.05) is 67.0 Å². The average molecular weight is 509 g/mol. The van der Waals surface area contributed by atoms with Crippen LogP contribution in [-0.4, -0.2) is 58.0 Å². The molecule has 2 aromatic rings. The summed E-state index contributed by atoms with van der Waals surface area (Å²) in [6.07, 6.45) is 0.659. The van der Waals surface area contributed by atoms with E-state index in [0.717, 1.165) is 16.6 Å². The highest BCUT2D eigenvalue weighted by molar-refractivity contribution is 9.08. The Bertz CT molecular complexity index is 771. The number of rotatable bonds is 15. The van der Waals surface area contributed by atoms with Crippen LogP contribution in [0, 0.1) is 0 Å². The molecule has 0 aliphatic heterocycles. The summed E-state index contributed by atoms with van der Waals surface area (Å²) in [5, 5.41) is 9.44. The molecule has 0 fully saturated rings. The Hall–Kier alpha value is -1.44. The van der Waals surface area contributed by atoms with Crippen LogP contribution in [0.3, 0.4) is 0 Å². The predicted molar refractivity (Wildman–Crippen MR) is 133 cm³/mol. The zero-order valence-corrected chi connectivity index (χ0v) is 21.2. The van der Waals surface area contributed by atoms with Crippen LogP contribution in [0.1, 0.15) is 38.3 Å². The molecule has 0 unspecified atom stereocenters. The molecule has 0 heterocycles. The summed E-state index contributed by atoms with van der Waals surface area (Å²) in [4.78, 5) is 0. The van der Waals surface area contributed by atoms with Gasteiger partial charge in [-0.15, -0.1) is 0 Å². The Morgan fingerprint density at radius 1 is 0.750 bits per heavy atom. The Kier molecular flexibility index (Phi) is 12.3. The third-order valence-corrected chi connectivity index (χ3v) is 5.54. The second-order valence-corrected chi connectivity index (χ2v) is 9.15. The maximum atomic E-state index is 8.67. The minimum atomic E-state index is 0.142. The van der Waals surface area contributed by atoms with E-state index in [4.69, 9.17) is 24.1 Å². The van der Waals surface area contributed by atoms with Crippen molar-refractivity contribution in [2.75, 3.05) is 52.9 Å². The smallest absolute Gasteiger partial charge is 0.120 e. The molecule has 0 radical (unpaired) electrons. The van der Waals surface area contributed by atoms with E-state index in [1.807, 2.05) is 0 Å². The highest BCUT2D eigenvalue weighted by atomic mass is 79.9. The number of hydrogen-bond donors (Lipinski definition) is 1. The van der Waals surface area contributed by atoms with Crippen LogP contribution in [0.5, 0.6) is 5.75 Å². The minimum Gasteiger partial charge on any atom is -0.491 e. The van der Waals surface area contributed by atoms with Crippen molar-refractivity contribution < 1.29 is 24.1 Å². The molecular weight excluding hydrogens is 472 g/mol. The third kappa shape index (κ3) is 10.0. The van der Waals surface area contributed by atoms with Gasteiger partial charge < -0.3 is 24.1 Å². The lowest BCUT2D eigenvalue weighted by Gasteiger charge is -2.19. The van der Waals surface area contributed by atoms with Gasteiger partial charge in [0.2, 0.25) is 0 Å². The predicted octanol–water partition coefficient (Wildman–Crippen LogP) is 5.36. The van der Waals surface area contributed by atoms with Gasteiger partial charge in [-0.25, -0.2) is 0 Å². The topological polar surface area (TPSA) is 57.2 Å². The molecule has 0 aliphatic rings. The van der Waals surface area contributed by atoms with Crippen LogP contribution in [-0.2, 0) is 25.0 Å². The lowest BCUT2D eigenvalue weighted by molar-refractivity contribution is 0.00752. The van der Waals surface area contributed by atoms with E-state index in [2.05, 4.69) is 79.2 Å². The van der Waals surface area contributed by atoms with Gasteiger partial charge in [0.15, 0.2) is 0 Å². The molecule has 0 aliphatic carbocycles. The van der Waals surface area contributed by atoms with Crippen molar-refractivity contribution in [3.63, 3.8) is 0 Å². The zero-order valence-electron chi connectivity index (χ0n) is 19.6. The highest BCUT2D eigenvalue weighted by Crippen LogP contribution is 2.30. The maximum Gasteiger partial charge on any atom is 0.120 e. The summed E-state index contributed by atoms with van der Waals surface area (Å²) in [5.74, 6) is 0.844. The quantitative estimate of drug-likeness (QED) is 0.259. The van der Waals surface area contributed by atoms with Gasteiger partial charge >= 0.3 is 0 Å². The molecule has 32 heavy (non-hydrogen) atoms. The molecule has 2 rings (SSSR count). The van der Waals surface area contributed by atoms with Crippen LogP contribution in [0.25, 0.3) is 11.1 Å². The molecule has 2 aromatic carbocycles. The van der Waals surface area contributed by atoms with Crippen molar-refractivity contribution in [2.24, 2.45) is 0 Å². The molecule has 6 heteroatoms. The molecule has 0 atom stereocenters. The van der Waals surface area contributed by atoms with E-state index >= 15 is 0 Å². The molecule has 0 bridgehead atoms.